The SMILES string of the molecule is CC(=O)C(C)(C)CC(C)C. The molecule has 0 amide bonds. The van der Waals surface area contributed by atoms with Gasteiger partial charge in [-0.25, -0.2) is 0 Å². The Morgan fingerprint density at radius 1 is 1.40 bits per heavy atom. The molecule has 0 fully saturated rings. The van der Waals surface area contributed by atoms with E-state index in [1.807, 2.05) is 13.8 Å². The summed E-state index contributed by atoms with van der Waals surface area (Å²) in [5.41, 5.74) is -0.117. The standard InChI is InChI=1S/C9H18O/c1-7(2)6-9(4,5)8(3)10/h7H,6H2,1-5H3. The molecule has 0 aromatic rings. The van der Waals surface area contributed by atoms with Gasteiger partial charge in [0, 0.05) is 5.41 Å². The van der Waals surface area contributed by atoms with Gasteiger partial charge in [-0.1, -0.05) is 27.7 Å². The first-order valence-electron chi connectivity index (χ1n) is 3.87. The topological polar surface area (TPSA) is 17.1 Å². The minimum absolute atomic E-state index is 0.117. The maximum Gasteiger partial charge on any atom is 0.135 e. The van der Waals surface area contributed by atoms with Gasteiger partial charge >= 0.3 is 0 Å². The smallest absolute Gasteiger partial charge is 0.135 e. The highest BCUT2D eigenvalue weighted by Crippen LogP contribution is 2.25. The van der Waals surface area contributed by atoms with Crippen LogP contribution < -0.4 is 0 Å². The number of carbonyl (C=O) groups excluding carboxylic acids is 1. The molecule has 0 bridgehead atoms. The molecule has 0 unspecified atom stereocenters. The van der Waals surface area contributed by atoms with E-state index < -0.39 is 0 Å². The number of hydrogen-bond donors (Lipinski definition) is 0. The van der Waals surface area contributed by atoms with E-state index in [1.54, 1.807) is 6.92 Å². The van der Waals surface area contributed by atoms with Crippen molar-refractivity contribution in [2.45, 2.75) is 41.0 Å². The Bertz CT molecular complexity index is 123. The molecule has 1 heteroatoms. The first-order chi connectivity index (χ1) is 4.36. The van der Waals surface area contributed by atoms with Crippen LogP contribution in [0.5, 0.6) is 0 Å². The van der Waals surface area contributed by atoms with Gasteiger partial charge in [-0.15, -0.1) is 0 Å². The van der Waals surface area contributed by atoms with Crippen molar-refractivity contribution < 1.29 is 4.79 Å². The zero-order chi connectivity index (χ0) is 8.36. The molecule has 1 nitrogen and oxygen atoms in total. The van der Waals surface area contributed by atoms with Gasteiger partial charge in [-0.2, -0.15) is 0 Å². The lowest BCUT2D eigenvalue weighted by molar-refractivity contribution is -0.125. The second-order valence-electron chi connectivity index (χ2n) is 4.04. The van der Waals surface area contributed by atoms with E-state index in [9.17, 15) is 4.79 Å². The van der Waals surface area contributed by atoms with E-state index >= 15 is 0 Å². The van der Waals surface area contributed by atoms with Gasteiger partial charge < -0.3 is 0 Å². The van der Waals surface area contributed by atoms with E-state index in [1.165, 1.54) is 0 Å². The van der Waals surface area contributed by atoms with Crippen molar-refractivity contribution in [3.8, 4) is 0 Å². The van der Waals surface area contributed by atoms with Crippen molar-refractivity contribution in [3.63, 3.8) is 0 Å². The molecule has 0 rings (SSSR count). The van der Waals surface area contributed by atoms with Crippen molar-refractivity contribution in [1.82, 2.24) is 0 Å². The molecule has 0 aliphatic rings. The Morgan fingerprint density at radius 3 is 1.90 bits per heavy atom. The van der Waals surface area contributed by atoms with Crippen molar-refractivity contribution >= 4 is 5.78 Å². The Morgan fingerprint density at radius 2 is 1.80 bits per heavy atom. The number of rotatable bonds is 3. The van der Waals surface area contributed by atoms with E-state index in [-0.39, 0.29) is 5.41 Å². The third kappa shape index (κ3) is 3.00. The molecule has 0 radical (unpaired) electrons. The quantitative estimate of drug-likeness (QED) is 0.592. The predicted octanol–water partition coefficient (Wildman–Crippen LogP) is 2.65. The fourth-order valence-electron chi connectivity index (χ4n) is 1.16. The molecule has 0 aliphatic carbocycles. The Balaban J connectivity index is 4.00. The molecular weight excluding hydrogens is 124 g/mol. The number of hydrogen-bond acceptors (Lipinski definition) is 1. The van der Waals surface area contributed by atoms with E-state index in [0.29, 0.717) is 11.7 Å². The summed E-state index contributed by atoms with van der Waals surface area (Å²) < 4.78 is 0. The van der Waals surface area contributed by atoms with Crippen LogP contribution in [0.3, 0.4) is 0 Å². The fraction of sp³-hybridized carbons (Fsp3) is 0.889. The molecule has 0 aromatic carbocycles. The first kappa shape index (κ1) is 9.67. The van der Waals surface area contributed by atoms with Gasteiger partial charge in [0.2, 0.25) is 0 Å². The van der Waals surface area contributed by atoms with Crippen LogP contribution in [0.2, 0.25) is 0 Å². The van der Waals surface area contributed by atoms with Crippen LogP contribution in [0, 0.1) is 11.3 Å². The lowest BCUT2D eigenvalue weighted by Crippen LogP contribution is -2.23. The lowest BCUT2D eigenvalue weighted by Gasteiger charge is -2.22. The van der Waals surface area contributed by atoms with Crippen LogP contribution in [0.25, 0.3) is 0 Å². The summed E-state index contributed by atoms with van der Waals surface area (Å²) >= 11 is 0. The number of ketones is 1. The zero-order valence-electron chi connectivity index (χ0n) is 7.69. The summed E-state index contributed by atoms with van der Waals surface area (Å²) in [6.07, 6.45) is 0.988. The van der Waals surface area contributed by atoms with Gasteiger partial charge in [0.05, 0.1) is 0 Å². The molecule has 0 spiro atoms. The molecule has 0 N–H and O–H groups in total. The summed E-state index contributed by atoms with van der Waals surface area (Å²) in [5.74, 6) is 0.903. The highest BCUT2D eigenvalue weighted by molar-refractivity contribution is 5.81. The van der Waals surface area contributed by atoms with Gasteiger partial charge in [0.15, 0.2) is 0 Å². The van der Waals surface area contributed by atoms with Gasteiger partial charge in [0.25, 0.3) is 0 Å². The molecule has 0 saturated carbocycles. The highest BCUT2D eigenvalue weighted by Gasteiger charge is 2.24. The third-order valence-electron chi connectivity index (χ3n) is 1.87. The van der Waals surface area contributed by atoms with Crippen molar-refractivity contribution in [2.75, 3.05) is 0 Å². The minimum atomic E-state index is -0.117. The van der Waals surface area contributed by atoms with E-state index in [0.717, 1.165) is 6.42 Å². The maximum atomic E-state index is 11.0. The summed E-state index contributed by atoms with van der Waals surface area (Å²) in [6, 6.07) is 0. The molecule has 10 heavy (non-hydrogen) atoms. The van der Waals surface area contributed by atoms with Crippen molar-refractivity contribution in [2.24, 2.45) is 11.3 Å². The second kappa shape index (κ2) is 3.18. The summed E-state index contributed by atoms with van der Waals surface area (Å²) in [7, 11) is 0. The average molecular weight is 142 g/mol. The predicted molar refractivity (Wildman–Crippen MR) is 43.9 cm³/mol. The highest BCUT2D eigenvalue weighted by atomic mass is 16.1. The first-order valence-corrected chi connectivity index (χ1v) is 3.87. The van der Waals surface area contributed by atoms with Crippen molar-refractivity contribution in [1.29, 1.82) is 0 Å². The van der Waals surface area contributed by atoms with Crippen LogP contribution >= 0.6 is 0 Å². The van der Waals surface area contributed by atoms with E-state index in [2.05, 4.69) is 13.8 Å². The second-order valence-corrected chi connectivity index (χ2v) is 4.04. The molecule has 0 aliphatic heterocycles. The molecule has 0 saturated heterocycles. The Labute approximate surface area is 63.8 Å². The van der Waals surface area contributed by atoms with Gasteiger partial charge in [-0.05, 0) is 19.3 Å². The normalized spacial score (nSPS) is 12.2. The number of Topliss-reactive ketones (excluding diaryl/α,β-unsaturated/α-hetero) is 1. The zero-order valence-corrected chi connectivity index (χ0v) is 7.69. The fourth-order valence-corrected chi connectivity index (χ4v) is 1.16. The monoisotopic (exact) mass is 142 g/mol. The van der Waals surface area contributed by atoms with Crippen molar-refractivity contribution in [3.05, 3.63) is 0 Å². The van der Waals surface area contributed by atoms with Crippen LogP contribution in [0.4, 0.5) is 0 Å². The molecule has 0 aromatic heterocycles. The molecular formula is C9H18O. The Kier molecular flexibility index (Phi) is 3.07. The van der Waals surface area contributed by atoms with Gasteiger partial charge in [-0.3, -0.25) is 4.79 Å². The van der Waals surface area contributed by atoms with Crippen LogP contribution in [-0.4, -0.2) is 5.78 Å². The summed E-state index contributed by atoms with van der Waals surface area (Å²) in [4.78, 5) is 11.0. The summed E-state index contributed by atoms with van der Waals surface area (Å²) in [6.45, 7) is 9.97. The van der Waals surface area contributed by atoms with Crippen LogP contribution in [0.15, 0.2) is 0 Å². The molecule has 0 atom stereocenters. The third-order valence-corrected chi connectivity index (χ3v) is 1.87. The van der Waals surface area contributed by atoms with Crippen LogP contribution in [-0.2, 0) is 4.79 Å². The molecule has 0 heterocycles. The molecule has 60 valence electrons. The van der Waals surface area contributed by atoms with E-state index in [4.69, 9.17) is 0 Å². The number of carbonyl (C=O) groups is 1. The maximum absolute atomic E-state index is 11.0. The largest absolute Gasteiger partial charge is 0.299 e. The average Bonchev–Trinajstić information content (AvgIpc) is 1.60. The van der Waals surface area contributed by atoms with Gasteiger partial charge in [0.1, 0.15) is 5.78 Å². The lowest BCUT2D eigenvalue weighted by atomic mass is 9.81. The summed E-state index contributed by atoms with van der Waals surface area (Å²) in [5, 5.41) is 0. The minimum Gasteiger partial charge on any atom is -0.299 e. The van der Waals surface area contributed by atoms with Crippen LogP contribution in [0.1, 0.15) is 41.0 Å². The Hall–Kier alpha value is -0.330.